The molecule has 2 saturated heterocycles. The summed E-state index contributed by atoms with van der Waals surface area (Å²) in [5, 5.41) is 10.9. The number of carbonyl (C=O) groups is 2. The van der Waals surface area contributed by atoms with Crippen molar-refractivity contribution in [3.8, 4) is 0 Å². The molecular weight excluding hydrogens is 364 g/mol. The van der Waals surface area contributed by atoms with E-state index < -0.39 is 21.9 Å². The van der Waals surface area contributed by atoms with Crippen LogP contribution in [0, 0.1) is 11.8 Å². The van der Waals surface area contributed by atoms with Gasteiger partial charge < -0.3 is 10.0 Å². The molecule has 2 aliphatic heterocycles. The van der Waals surface area contributed by atoms with Gasteiger partial charge in [0.15, 0.2) is 0 Å². The van der Waals surface area contributed by atoms with Gasteiger partial charge in [-0.25, -0.2) is 8.42 Å². The molecule has 1 aromatic heterocycles. The molecule has 1 aromatic rings. The van der Waals surface area contributed by atoms with Crippen LogP contribution in [0.5, 0.6) is 0 Å². The highest BCUT2D eigenvalue weighted by atomic mass is 32.2. The van der Waals surface area contributed by atoms with Gasteiger partial charge in [0.2, 0.25) is 10.0 Å². The normalized spacial score (nSPS) is 25.2. The van der Waals surface area contributed by atoms with Crippen molar-refractivity contribution in [2.24, 2.45) is 11.8 Å². The first-order valence-corrected chi connectivity index (χ1v) is 10.7. The van der Waals surface area contributed by atoms with Gasteiger partial charge in [-0.05, 0) is 36.6 Å². The standard InChI is InChI=1S/C16H22N2O5S2/c1-11-8-12(16(20)21)10-17(9-11)15(19)14-13(4-7-24-14)25(22,23)18-5-2-3-6-18/h4,7,11-12H,2-3,5-6,8-10H2,1H3,(H,20,21). The Bertz CT molecular complexity index is 767. The lowest BCUT2D eigenvalue weighted by Gasteiger charge is -2.34. The third-order valence-electron chi connectivity index (χ3n) is 4.80. The fourth-order valence-electron chi connectivity index (χ4n) is 3.56. The molecule has 0 radical (unpaired) electrons. The van der Waals surface area contributed by atoms with Crippen molar-refractivity contribution < 1.29 is 23.1 Å². The van der Waals surface area contributed by atoms with Gasteiger partial charge in [0, 0.05) is 26.2 Å². The molecule has 3 rings (SSSR count). The zero-order valence-electron chi connectivity index (χ0n) is 14.1. The van der Waals surface area contributed by atoms with Crippen LogP contribution in [-0.2, 0) is 14.8 Å². The van der Waals surface area contributed by atoms with Gasteiger partial charge in [-0.15, -0.1) is 11.3 Å². The molecule has 1 N–H and O–H groups in total. The van der Waals surface area contributed by atoms with E-state index in [1.54, 1.807) is 5.38 Å². The second-order valence-corrected chi connectivity index (χ2v) is 9.63. The number of hydrogen-bond donors (Lipinski definition) is 1. The van der Waals surface area contributed by atoms with Crippen molar-refractivity contribution in [3.05, 3.63) is 16.3 Å². The van der Waals surface area contributed by atoms with Crippen LogP contribution in [0.3, 0.4) is 0 Å². The van der Waals surface area contributed by atoms with Gasteiger partial charge in [-0.2, -0.15) is 4.31 Å². The molecule has 2 atom stereocenters. The summed E-state index contributed by atoms with van der Waals surface area (Å²) in [6, 6.07) is 1.48. The summed E-state index contributed by atoms with van der Waals surface area (Å²) >= 11 is 1.10. The predicted octanol–water partition coefficient (Wildman–Crippen LogP) is 1.72. The molecule has 0 bridgehead atoms. The van der Waals surface area contributed by atoms with Crippen molar-refractivity contribution in [2.75, 3.05) is 26.2 Å². The van der Waals surface area contributed by atoms with Crippen LogP contribution >= 0.6 is 11.3 Å². The maximum atomic E-state index is 12.9. The SMILES string of the molecule is CC1CC(C(=O)O)CN(C(=O)c2sccc2S(=O)(=O)N2CCCC2)C1. The lowest BCUT2D eigenvalue weighted by molar-refractivity contribution is -0.143. The molecule has 3 heterocycles. The van der Waals surface area contributed by atoms with Gasteiger partial charge >= 0.3 is 5.97 Å². The first-order valence-electron chi connectivity index (χ1n) is 8.40. The van der Waals surface area contributed by atoms with E-state index in [0.29, 0.717) is 26.1 Å². The molecule has 0 aromatic carbocycles. The fraction of sp³-hybridized carbons (Fsp3) is 0.625. The number of carboxylic acids is 1. The van der Waals surface area contributed by atoms with E-state index in [2.05, 4.69) is 0 Å². The number of rotatable bonds is 4. The van der Waals surface area contributed by atoms with Gasteiger partial charge in [0.25, 0.3) is 5.91 Å². The predicted molar refractivity (Wildman–Crippen MR) is 93.1 cm³/mol. The average molecular weight is 386 g/mol. The third-order valence-corrected chi connectivity index (χ3v) is 7.77. The number of piperidine rings is 1. The highest BCUT2D eigenvalue weighted by Gasteiger charge is 2.36. The zero-order valence-corrected chi connectivity index (χ0v) is 15.7. The topological polar surface area (TPSA) is 95.0 Å². The number of carboxylic acid groups (broad SMARTS) is 1. The number of aliphatic carboxylic acids is 1. The first kappa shape index (κ1) is 18.3. The summed E-state index contributed by atoms with van der Waals surface area (Å²) in [6.45, 7) is 3.44. The van der Waals surface area contributed by atoms with E-state index >= 15 is 0 Å². The van der Waals surface area contributed by atoms with Crippen molar-refractivity contribution in [3.63, 3.8) is 0 Å². The van der Waals surface area contributed by atoms with E-state index in [0.717, 1.165) is 24.2 Å². The van der Waals surface area contributed by atoms with Crippen LogP contribution in [0.15, 0.2) is 16.3 Å². The fourth-order valence-corrected chi connectivity index (χ4v) is 6.44. The van der Waals surface area contributed by atoms with E-state index in [4.69, 9.17) is 0 Å². The summed E-state index contributed by atoms with van der Waals surface area (Å²) in [6.07, 6.45) is 2.19. The Morgan fingerprint density at radius 2 is 1.92 bits per heavy atom. The summed E-state index contributed by atoms with van der Waals surface area (Å²) in [5.41, 5.74) is 0. The third kappa shape index (κ3) is 3.58. The number of amides is 1. The molecule has 7 nitrogen and oxygen atoms in total. The monoisotopic (exact) mass is 386 g/mol. The van der Waals surface area contributed by atoms with Crippen molar-refractivity contribution in [1.82, 2.24) is 9.21 Å². The van der Waals surface area contributed by atoms with Gasteiger partial charge in [0.1, 0.15) is 9.77 Å². The van der Waals surface area contributed by atoms with Crippen molar-refractivity contribution >= 4 is 33.2 Å². The number of thiophene rings is 1. The van der Waals surface area contributed by atoms with E-state index in [1.165, 1.54) is 15.3 Å². The zero-order chi connectivity index (χ0) is 18.2. The van der Waals surface area contributed by atoms with E-state index in [-0.39, 0.29) is 28.1 Å². The molecule has 0 aliphatic carbocycles. The Hall–Kier alpha value is -1.45. The number of likely N-dealkylation sites (tertiary alicyclic amines) is 1. The quantitative estimate of drug-likeness (QED) is 0.850. The van der Waals surface area contributed by atoms with Gasteiger partial charge in [0.05, 0.1) is 5.92 Å². The highest BCUT2D eigenvalue weighted by Crippen LogP contribution is 2.30. The first-order chi connectivity index (χ1) is 11.8. The average Bonchev–Trinajstić information content (AvgIpc) is 3.25. The number of nitrogens with zero attached hydrogens (tertiary/aromatic N) is 2. The largest absolute Gasteiger partial charge is 0.481 e. The Morgan fingerprint density at radius 1 is 1.24 bits per heavy atom. The lowest BCUT2D eigenvalue weighted by Crippen LogP contribution is -2.45. The molecule has 25 heavy (non-hydrogen) atoms. The Balaban J connectivity index is 1.86. The number of hydrogen-bond acceptors (Lipinski definition) is 5. The molecule has 2 aliphatic rings. The minimum absolute atomic E-state index is 0.0505. The molecule has 0 saturated carbocycles. The number of sulfonamides is 1. The smallest absolute Gasteiger partial charge is 0.308 e. The summed E-state index contributed by atoms with van der Waals surface area (Å²) in [7, 11) is -3.67. The van der Waals surface area contributed by atoms with Gasteiger partial charge in [-0.1, -0.05) is 6.92 Å². The summed E-state index contributed by atoms with van der Waals surface area (Å²) in [5.74, 6) is -1.84. The van der Waals surface area contributed by atoms with Crippen LogP contribution in [0.25, 0.3) is 0 Å². The molecule has 138 valence electrons. The van der Waals surface area contributed by atoms with E-state index in [9.17, 15) is 23.1 Å². The number of carbonyl (C=O) groups excluding carboxylic acids is 1. The maximum absolute atomic E-state index is 12.9. The second-order valence-electron chi connectivity index (χ2n) is 6.81. The van der Waals surface area contributed by atoms with Crippen molar-refractivity contribution in [1.29, 1.82) is 0 Å². The van der Waals surface area contributed by atoms with Crippen molar-refractivity contribution in [2.45, 2.75) is 31.1 Å². The molecular formula is C16H22N2O5S2. The summed E-state index contributed by atoms with van der Waals surface area (Å²) in [4.78, 5) is 26.0. The minimum atomic E-state index is -3.67. The van der Waals surface area contributed by atoms with Crippen LogP contribution in [0.1, 0.15) is 35.9 Å². The van der Waals surface area contributed by atoms with Crippen LogP contribution in [0.2, 0.25) is 0 Å². The Labute approximate surface area is 151 Å². The molecule has 1 amide bonds. The highest BCUT2D eigenvalue weighted by molar-refractivity contribution is 7.89. The van der Waals surface area contributed by atoms with Gasteiger partial charge in [-0.3, -0.25) is 9.59 Å². The Morgan fingerprint density at radius 3 is 2.56 bits per heavy atom. The molecule has 9 heteroatoms. The molecule has 2 fully saturated rings. The van der Waals surface area contributed by atoms with Crippen LogP contribution in [-0.4, -0.2) is 60.8 Å². The molecule has 0 spiro atoms. The minimum Gasteiger partial charge on any atom is -0.481 e. The second kappa shape index (κ2) is 7.05. The lowest BCUT2D eigenvalue weighted by atomic mass is 9.90. The van der Waals surface area contributed by atoms with Crippen LogP contribution < -0.4 is 0 Å². The Kier molecular flexibility index (Phi) is 5.17. The summed E-state index contributed by atoms with van der Waals surface area (Å²) < 4.78 is 27.0. The maximum Gasteiger partial charge on any atom is 0.308 e. The molecule has 2 unspecified atom stereocenters. The van der Waals surface area contributed by atoms with E-state index in [1.807, 2.05) is 6.92 Å². The van der Waals surface area contributed by atoms with Crippen LogP contribution in [0.4, 0.5) is 0 Å².